The lowest BCUT2D eigenvalue weighted by Crippen LogP contribution is -2.52. The molecule has 0 aromatic carbocycles. The van der Waals surface area contributed by atoms with E-state index in [-0.39, 0.29) is 23.2 Å². The van der Waals surface area contributed by atoms with Crippen molar-refractivity contribution in [3.63, 3.8) is 0 Å². The Bertz CT molecular complexity index is 830. The second-order valence-corrected chi connectivity index (χ2v) is 13.9. The molecule has 4 saturated carbocycles. The summed E-state index contributed by atoms with van der Waals surface area (Å²) in [5.41, 5.74) is -1.20. The van der Waals surface area contributed by atoms with Gasteiger partial charge < -0.3 is 10.2 Å². The van der Waals surface area contributed by atoms with Crippen molar-refractivity contribution in [3.05, 3.63) is 11.6 Å². The molecule has 0 aliphatic heterocycles. The van der Waals surface area contributed by atoms with Crippen molar-refractivity contribution in [2.24, 2.45) is 46.3 Å². The molecule has 5 heteroatoms. The van der Waals surface area contributed by atoms with E-state index in [4.69, 9.17) is 0 Å². The summed E-state index contributed by atoms with van der Waals surface area (Å²) in [6.07, 6.45) is 7.75. The molecule has 0 saturated heterocycles. The van der Waals surface area contributed by atoms with Gasteiger partial charge in [-0.2, -0.15) is 13.2 Å². The molecular weight excluding hydrogens is 437 g/mol. The molecule has 9 atom stereocenters. The molecule has 5 aliphatic carbocycles. The van der Waals surface area contributed by atoms with Crippen LogP contribution in [0, 0.1) is 46.3 Å². The number of hydrogen-bond donors (Lipinski definition) is 2. The van der Waals surface area contributed by atoms with Crippen LogP contribution in [-0.2, 0) is 0 Å². The molecule has 4 fully saturated rings. The van der Waals surface area contributed by atoms with Gasteiger partial charge in [-0.05, 0) is 130 Å². The monoisotopic (exact) mass is 482 g/mol. The second-order valence-electron chi connectivity index (χ2n) is 13.9. The van der Waals surface area contributed by atoms with Crippen molar-refractivity contribution in [2.75, 3.05) is 0 Å². The minimum absolute atomic E-state index is 0.143. The van der Waals surface area contributed by atoms with Gasteiger partial charge in [0.2, 0.25) is 0 Å². The van der Waals surface area contributed by atoms with Crippen molar-refractivity contribution in [1.82, 2.24) is 0 Å². The molecular formula is C29H45F3O2. The lowest BCUT2D eigenvalue weighted by Gasteiger charge is -2.59. The predicted octanol–water partition coefficient (Wildman–Crippen LogP) is 7.44. The third-order valence-corrected chi connectivity index (χ3v) is 11.9. The zero-order chi connectivity index (χ0) is 24.7. The largest absolute Gasteiger partial charge is 0.417 e. The Balaban J connectivity index is 1.30. The molecule has 0 aromatic rings. The van der Waals surface area contributed by atoms with Crippen LogP contribution in [-0.4, -0.2) is 27.6 Å². The van der Waals surface area contributed by atoms with Gasteiger partial charge >= 0.3 is 6.18 Å². The highest BCUT2D eigenvalue weighted by Crippen LogP contribution is 2.68. The van der Waals surface area contributed by atoms with Crippen LogP contribution in [0.1, 0.15) is 105 Å². The normalized spacial score (nSPS) is 47.1. The molecule has 0 spiro atoms. The maximum absolute atomic E-state index is 13.7. The number of allylic oxidation sites excluding steroid dienone is 1. The summed E-state index contributed by atoms with van der Waals surface area (Å²) in [4.78, 5) is 0. The minimum atomic E-state index is -4.53. The van der Waals surface area contributed by atoms with Crippen LogP contribution < -0.4 is 0 Å². The molecule has 5 aliphatic rings. The number of rotatable bonds is 5. The summed E-state index contributed by atoms with van der Waals surface area (Å²) in [5, 5.41) is 21.2. The first kappa shape index (κ1) is 25.1. The van der Waals surface area contributed by atoms with E-state index in [2.05, 4.69) is 26.8 Å². The summed E-state index contributed by atoms with van der Waals surface area (Å²) in [7, 11) is 0. The maximum atomic E-state index is 13.7. The number of fused-ring (bicyclic) bond motifs is 5. The summed E-state index contributed by atoms with van der Waals surface area (Å²) < 4.78 is 41.1. The summed E-state index contributed by atoms with van der Waals surface area (Å²) in [5.74, 6) is 2.02. The fourth-order valence-corrected chi connectivity index (χ4v) is 9.57. The zero-order valence-electron chi connectivity index (χ0n) is 21.6. The van der Waals surface area contributed by atoms with E-state index in [9.17, 15) is 23.4 Å². The molecule has 194 valence electrons. The van der Waals surface area contributed by atoms with Crippen molar-refractivity contribution < 1.29 is 23.4 Å². The number of aliphatic hydroxyl groups is 2. The number of halogens is 3. The van der Waals surface area contributed by atoms with Gasteiger partial charge in [-0.1, -0.05) is 32.4 Å². The van der Waals surface area contributed by atoms with Gasteiger partial charge in [0.25, 0.3) is 0 Å². The van der Waals surface area contributed by atoms with Crippen LogP contribution in [0.2, 0.25) is 0 Å². The molecule has 5 rings (SSSR count). The molecule has 34 heavy (non-hydrogen) atoms. The van der Waals surface area contributed by atoms with Gasteiger partial charge in [-0.15, -0.1) is 0 Å². The second kappa shape index (κ2) is 7.97. The van der Waals surface area contributed by atoms with Crippen LogP contribution in [0.25, 0.3) is 0 Å². The Hall–Kier alpha value is -0.550. The first-order valence-corrected chi connectivity index (χ1v) is 13.9. The third-order valence-electron chi connectivity index (χ3n) is 11.9. The van der Waals surface area contributed by atoms with Gasteiger partial charge in [0, 0.05) is 0 Å². The molecule has 0 amide bonds. The van der Waals surface area contributed by atoms with Gasteiger partial charge in [0.15, 0.2) is 5.60 Å². The fourth-order valence-electron chi connectivity index (χ4n) is 9.57. The SMILES string of the molecule is C[C@H](CCC(O)(C1CC1)C(F)(F)F)[C@H]1CC[C@H]2[C@@H]3CC=C4C[C@@](C)(O)CC[C@]4(C)[C@H]3CC[C@]12C. The zero-order valence-corrected chi connectivity index (χ0v) is 21.6. The highest BCUT2D eigenvalue weighted by molar-refractivity contribution is 5.26. The average molecular weight is 483 g/mol. The quantitative estimate of drug-likeness (QED) is 0.400. The molecule has 1 unspecified atom stereocenters. The van der Waals surface area contributed by atoms with Crippen molar-refractivity contribution in [1.29, 1.82) is 0 Å². The van der Waals surface area contributed by atoms with Crippen LogP contribution in [0.15, 0.2) is 11.6 Å². The Morgan fingerprint density at radius 2 is 1.71 bits per heavy atom. The topological polar surface area (TPSA) is 40.5 Å². The highest BCUT2D eigenvalue weighted by atomic mass is 19.4. The van der Waals surface area contributed by atoms with Gasteiger partial charge in [0.05, 0.1) is 5.60 Å². The standard InChI is InChI=1S/C29H45F3O2/c1-18(11-14-28(34,19-5-6-19)29(30,31)32)22-9-10-23-21-8-7-20-17-25(2,33)15-16-26(20,3)24(21)12-13-27(22,23)4/h7,18-19,21-24,33-34H,5-6,8-17H2,1-4H3/t18-,21+,22-,23+,24+,25+,26+,27-,28?/m1/s1. The van der Waals surface area contributed by atoms with E-state index in [0.717, 1.165) is 32.1 Å². The van der Waals surface area contributed by atoms with Crippen LogP contribution in [0.3, 0.4) is 0 Å². The molecule has 2 N–H and O–H groups in total. The average Bonchev–Trinajstić information content (AvgIpc) is 3.53. The third kappa shape index (κ3) is 3.81. The first-order chi connectivity index (χ1) is 15.7. The van der Waals surface area contributed by atoms with Gasteiger partial charge in [-0.25, -0.2) is 0 Å². The Labute approximate surface area is 203 Å². The van der Waals surface area contributed by atoms with Crippen LogP contribution in [0.5, 0.6) is 0 Å². The maximum Gasteiger partial charge on any atom is 0.417 e. The van der Waals surface area contributed by atoms with Crippen molar-refractivity contribution in [2.45, 2.75) is 122 Å². The molecule has 0 bridgehead atoms. The number of hydrogen-bond acceptors (Lipinski definition) is 2. The molecule has 0 aromatic heterocycles. The van der Waals surface area contributed by atoms with Crippen molar-refractivity contribution >= 4 is 0 Å². The predicted molar refractivity (Wildman–Crippen MR) is 128 cm³/mol. The summed E-state index contributed by atoms with van der Waals surface area (Å²) in [6, 6.07) is 0. The van der Waals surface area contributed by atoms with E-state index in [1.165, 1.54) is 24.8 Å². The van der Waals surface area contributed by atoms with Crippen LogP contribution in [0.4, 0.5) is 13.2 Å². The molecule has 0 heterocycles. The van der Waals surface area contributed by atoms with E-state index in [0.29, 0.717) is 42.9 Å². The van der Waals surface area contributed by atoms with Gasteiger partial charge in [-0.3, -0.25) is 0 Å². The van der Waals surface area contributed by atoms with Crippen molar-refractivity contribution in [3.8, 4) is 0 Å². The van der Waals surface area contributed by atoms with E-state index in [1.54, 1.807) is 0 Å². The lowest BCUT2D eigenvalue weighted by molar-refractivity contribution is -0.272. The Kier molecular flexibility index (Phi) is 5.89. The summed E-state index contributed by atoms with van der Waals surface area (Å²) >= 11 is 0. The Morgan fingerprint density at radius 3 is 2.35 bits per heavy atom. The van der Waals surface area contributed by atoms with Gasteiger partial charge in [0.1, 0.15) is 0 Å². The van der Waals surface area contributed by atoms with E-state index in [1.807, 2.05) is 6.92 Å². The lowest BCUT2D eigenvalue weighted by atomic mass is 9.46. The first-order valence-electron chi connectivity index (χ1n) is 13.9. The highest BCUT2D eigenvalue weighted by Gasteiger charge is 2.62. The molecule has 2 nitrogen and oxygen atoms in total. The minimum Gasteiger partial charge on any atom is -0.390 e. The fraction of sp³-hybridized carbons (Fsp3) is 0.931. The van der Waals surface area contributed by atoms with E-state index < -0.39 is 23.3 Å². The number of alkyl halides is 3. The van der Waals surface area contributed by atoms with E-state index >= 15 is 0 Å². The molecule has 0 radical (unpaired) electrons. The summed E-state index contributed by atoms with van der Waals surface area (Å²) in [6.45, 7) is 9.01. The Morgan fingerprint density at radius 1 is 1.00 bits per heavy atom. The van der Waals surface area contributed by atoms with Crippen LogP contribution >= 0.6 is 0 Å². The smallest absolute Gasteiger partial charge is 0.390 e.